The van der Waals surface area contributed by atoms with Gasteiger partial charge in [-0.25, -0.2) is 9.78 Å². The maximum Gasteiger partial charge on any atom is 0.343 e. The van der Waals surface area contributed by atoms with E-state index in [0.717, 1.165) is 16.6 Å². The lowest BCUT2D eigenvalue weighted by Crippen LogP contribution is -2.12. The van der Waals surface area contributed by atoms with E-state index in [0.29, 0.717) is 5.75 Å². The van der Waals surface area contributed by atoms with E-state index in [1.165, 1.54) is 7.11 Å². The molecule has 0 saturated heterocycles. The summed E-state index contributed by atoms with van der Waals surface area (Å²) < 4.78 is 9.91. The highest BCUT2D eigenvalue weighted by Crippen LogP contribution is 2.23. The Morgan fingerprint density at radius 3 is 2.88 bits per heavy atom. The second kappa shape index (κ2) is 4.82. The van der Waals surface area contributed by atoms with Gasteiger partial charge in [0, 0.05) is 11.1 Å². The van der Waals surface area contributed by atoms with E-state index >= 15 is 0 Å². The summed E-state index contributed by atoms with van der Waals surface area (Å²) in [5.41, 5.74) is 1.67. The van der Waals surface area contributed by atoms with Gasteiger partial charge in [-0.1, -0.05) is 18.2 Å². The van der Waals surface area contributed by atoms with Crippen LogP contribution in [0.25, 0.3) is 10.9 Å². The summed E-state index contributed by atoms with van der Waals surface area (Å²) >= 11 is 0. The Kier molecular flexibility index (Phi) is 3.23. The number of nitrogens with zero attached hydrogens (tertiary/aromatic N) is 1. The first kappa shape index (κ1) is 11.4. The van der Waals surface area contributed by atoms with Crippen molar-refractivity contribution in [1.82, 2.24) is 4.98 Å². The van der Waals surface area contributed by atoms with Crippen LogP contribution in [-0.4, -0.2) is 24.7 Å². The third-order valence-electron chi connectivity index (χ3n) is 2.40. The average Bonchev–Trinajstić information content (AvgIpc) is 2.35. The number of aryl methyl sites for hydroxylation is 1. The number of carbonyl (C=O) groups excluding carboxylic acids is 1. The fourth-order valence-corrected chi connectivity index (χ4v) is 1.53. The molecule has 0 unspecified atom stereocenters. The highest BCUT2D eigenvalue weighted by Gasteiger charge is 2.06. The molecule has 0 fully saturated rings. The molecule has 0 amide bonds. The fourth-order valence-electron chi connectivity index (χ4n) is 1.53. The van der Waals surface area contributed by atoms with Gasteiger partial charge in [0.2, 0.25) is 0 Å². The van der Waals surface area contributed by atoms with E-state index in [1.807, 2.05) is 31.2 Å². The number of esters is 1. The number of aromatic nitrogens is 1. The first-order chi connectivity index (χ1) is 8.20. The molecular formula is C13H13NO3. The Hall–Kier alpha value is -2.10. The van der Waals surface area contributed by atoms with Gasteiger partial charge in [-0.05, 0) is 19.1 Å². The van der Waals surface area contributed by atoms with Crippen LogP contribution in [0.2, 0.25) is 0 Å². The Morgan fingerprint density at radius 2 is 2.12 bits per heavy atom. The monoisotopic (exact) mass is 231 g/mol. The van der Waals surface area contributed by atoms with E-state index in [1.54, 1.807) is 6.07 Å². The minimum absolute atomic E-state index is 0.106. The highest BCUT2D eigenvalue weighted by atomic mass is 16.6. The van der Waals surface area contributed by atoms with E-state index in [4.69, 9.17) is 4.74 Å². The third-order valence-corrected chi connectivity index (χ3v) is 2.40. The van der Waals surface area contributed by atoms with Gasteiger partial charge in [-0.3, -0.25) is 0 Å². The molecule has 1 aromatic heterocycles. The largest absolute Gasteiger partial charge is 0.480 e. The zero-order valence-corrected chi connectivity index (χ0v) is 9.77. The van der Waals surface area contributed by atoms with Crippen LogP contribution in [0.5, 0.6) is 5.75 Å². The number of hydrogen-bond acceptors (Lipinski definition) is 4. The Morgan fingerprint density at radius 1 is 1.29 bits per heavy atom. The molecule has 0 N–H and O–H groups in total. The van der Waals surface area contributed by atoms with Crippen molar-refractivity contribution in [3.05, 3.63) is 36.0 Å². The van der Waals surface area contributed by atoms with Gasteiger partial charge < -0.3 is 9.47 Å². The maximum absolute atomic E-state index is 11.0. The number of carbonyl (C=O) groups is 1. The van der Waals surface area contributed by atoms with Gasteiger partial charge in [-0.2, -0.15) is 0 Å². The molecule has 0 aliphatic rings. The van der Waals surface area contributed by atoms with Gasteiger partial charge in [0.1, 0.15) is 11.3 Å². The lowest BCUT2D eigenvalue weighted by molar-refractivity contribution is -0.142. The highest BCUT2D eigenvalue weighted by molar-refractivity contribution is 5.85. The molecule has 2 aromatic rings. The van der Waals surface area contributed by atoms with E-state index in [2.05, 4.69) is 9.72 Å². The maximum atomic E-state index is 11.0. The molecule has 17 heavy (non-hydrogen) atoms. The van der Waals surface area contributed by atoms with Gasteiger partial charge in [0.15, 0.2) is 6.61 Å². The average molecular weight is 231 g/mol. The predicted molar refractivity (Wildman–Crippen MR) is 64.0 cm³/mol. The molecule has 4 heteroatoms. The van der Waals surface area contributed by atoms with Crippen LogP contribution >= 0.6 is 0 Å². The molecule has 4 nitrogen and oxygen atoms in total. The van der Waals surface area contributed by atoms with Crippen LogP contribution < -0.4 is 4.74 Å². The van der Waals surface area contributed by atoms with Gasteiger partial charge >= 0.3 is 5.97 Å². The summed E-state index contributed by atoms with van der Waals surface area (Å²) in [6.45, 7) is 1.81. The van der Waals surface area contributed by atoms with Crippen molar-refractivity contribution in [2.45, 2.75) is 6.92 Å². The van der Waals surface area contributed by atoms with E-state index < -0.39 is 5.97 Å². The van der Waals surface area contributed by atoms with Crippen LogP contribution in [-0.2, 0) is 9.53 Å². The number of hydrogen-bond donors (Lipinski definition) is 0. The molecule has 88 valence electrons. The van der Waals surface area contributed by atoms with Crippen molar-refractivity contribution in [1.29, 1.82) is 0 Å². The SMILES string of the molecule is COC(=O)COc1cccc2ccc(C)nc12. The number of fused-ring (bicyclic) bond motifs is 1. The number of para-hydroxylation sites is 1. The molecular weight excluding hydrogens is 218 g/mol. The molecule has 0 saturated carbocycles. The third kappa shape index (κ3) is 2.53. The van der Waals surface area contributed by atoms with E-state index in [-0.39, 0.29) is 6.61 Å². The number of ether oxygens (including phenoxy) is 2. The molecule has 1 aromatic carbocycles. The Labute approximate surface area is 99.2 Å². The van der Waals surface area contributed by atoms with Gasteiger partial charge in [0.25, 0.3) is 0 Å². The molecule has 2 rings (SSSR count). The van der Waals surface area contributed by atoms with E-state index in [9.17, 15) is 4.79 Å². The molecule has 0 spiro atoms. The second-order valence-corrected chi connectivity index (χ2v) is 3.65. The van der Waals surface area contributed by atoms with Crippen molar-refractivity contribution >= 4 is 16.9 Å². The fraction of sp³-hybridized carbons (Fsp3) is 0.231. The first-order valence-electron chi connectivity index (χ1n) is 5.26. The van der Waals surface area contributed by atoms with Crippen LogP contribution in [0, 0.1) is 6.92 Å². The van der Waals surface area contributed by atoms with Crippen molar-refractivity contribution in [2.75, 3.05) is 13.7 Å². The van der Waals surface area contributed by atoms with Crippen molar-refractivity contribution in [3.63, 3.8) is 0 Å². The van der Waals surface area contributed by atoms with Gasteiger partial charge in [-0.15, -0.1) is 0 Å². The summed E-state index contributed by atoms with van der Waals surface area (Å²) in [7, 11) is 1.33. The number of methoxy groups -OCH3 is 1. The molecule has 0 aliphatic carbocycles. The summed E-state index contributed by atoms with van der Waals surface area (Å²) in [6.07, 6.45) is 0. The number of benzene rings is 1. The number of pyridine rings is 1. The number of rotatable bonds is 3. The lowest BCUT2D eigenvalue weighted by atomic mass is 10.2. The van der Waals surface area contributed by atoms with Crippen LogP contribution in [0.3, 0.4) is 0 Å². The predicted octanol–water partition coefficient (Wildman–Crippen LogP) is 2.10. The Bertz CT molecular complexity index is 551. The normalized spacial score (nSPS) is 10.2. The minimum atomic E-state index is -0.408. The molecule has 1 heterocycles. The van der Waals surface area contributed by atoms with Crippen LogP contribution in [0.15, 0.2) is 30.3 Å². The zero-order chi connectivity index (χ0) is 12.3. The quantitative estimate of drug-likeness (QED) is 0.759. The van der Waals surface area contributed by atoms with Crippen molar-refractivity contribution < 1.29 is 14.3 Å². The smallest absolute Gasteiger partial charge is 0.343 e. The molecule has 0 aliphatic heterocycles. The summed E-state index contributed by atoms with van der Waals surface area (Å²) in [4.78, 5) is 15.4. The van der Waals surface area contributed by atoms with Crippen molar-refractivity contribution in [2.24, 2.45) is 0 Å². The molecule has 0 atom stereocenters. The Balaban J connectivity index is 2.33. The first-order valence-corrected chi connectivity index (χ1v) is 5.26. The zero-order valence-electron chi connectivity index (χ0n) is 9.77. The van der Waals surface area contributed by atoms with Crippen molar-refractivity contribution in [3.8, 4) is 5.75 Å². The van der Waals surface area contributed by atoms with Crippen LogP contribution in [0.1, 0.15) is 5.69 Å². The topological polar surface area (TPSA) is 48.4 Å². The second-order valence-electron chi connectivity index (χ2n) is 3.65. The lowest BCUT2D eigenvalue weighted by Gasteiger charge is -2.07. The summed E-state index contributed by atoms with van der Waals surface area (Å²) in [6, 6.07) is 9.52. The van der Waals surface area contributed by atoms with Crippen LogP contribution in [0.4, 0.5) is 0 Å². The van der Waals surface area contributed by atoms with Gasteiger partial charge in [0.05, 0.1) is 7.11 Å². The summed E-state index contributed by atoms with van der Waals surface area (Å²) in [5, 5.41) is 0.984. The standard InChI is InChI=1S/C13H13NO3/c1-9-6-7-10-4-3-5-11(13(10)14-9)17-8-12(15)16-2/h3-7H,8H2,1-2H3. The molecule has 0 bridgehead atoms. The summed E-state index contributed by atoms with van der Waals surface area (Å²) in [5.74, 6) is 0.186. The minimum Gasteiger partial charge on any atom is -0.480 e. The molecule has 0 radical (unpaired) electrons.